The van der Waals surface area contributed by atoms with E-state index in [1.54, 1.807) is 13.0 Å². The molecule has 0 aliphatic carbocycles. The fourth-order valence-electron chi connectivity index (χ4n) is 3.90. The van der Waals surface area contributed by atoms with E-state index < -0.39 is 26.0 Å². The van der Waals surface area contributed by atoms with E-state index in [0.717, 1.165) is 36.5 Å². The van der Waals surface area contributed by atoms with E-state index >= 15 is 0 Å². The van der Waals surface area contributed by atoms with E-state index in [2.05, 4.69) is 18.9 Å². The minimum absolute atomic E-state index is 0.105. The van der Waals surface area contributed by atoms with E-state index in [4.69, 9.17) is 23.3 Å². The lowest BCUT2D eigenvalue weighted by atomic mass is 9.99. The summed E-state index contributed by atoms with van der Waals surface area (Å²) in [6.07, 6.45) is 3.41. The van der Waals surface area contributed by atoms with Crippen molar-refractivity contribution >= 4 is 24.5 Å². The number of benzene rings is 2. The van der Waals surface area contributed by atoms with Gasteiger partial charge in [-0.25, -0.2) is 4.57 Å². The number of nitrogens with one attached hydrogen (secondary N) is 1. The molecule has 188 valence electrons. The van der Waals surface area contributed by atoms with Crippen molar-refractivity contribution in [2.45, 2.75) is 58.8 Å². The van der Waals surface area contributed by atoms with Crippen molar-refractivity contribution in [3.63, 3.8) is 0 Å². The molecule has 34 heavy (non-hydrogen) atoms. The highest BCUT2D eigenvalue weighted by Crippen LogP contribution is 2.47. The lowest BCUT2D eigenvalue weighted by Crippen LogP contribution is -2.36. The molecule has 0 spiro atoms. The first-order valence-corrected chi connectivity index (χ1v) is 13.6. The summed E-state index contributed by atoms with van der Waals surface area (Å²) >= 11 is 0. The van der Waals surface area contributed by atoms with Gasteiger partial charge in [-0.3, -0.25) is 9.32 Å². The molecule has 8 nitrogen and oxygen atoms in total. The summed E-state index contributed by atoms with van der Waals surface area (Å²) in [7, 11) is -3.99. The SMILES string of the molecule is CCCC(CCC)COC(=O)[C@H](C)NP(=O)(OCC1OCCO1)Oc1cccc2ccccc12. The maximum Gasteiger partial charge on any atom is 0.459 e. The molecule has 1 aliphatic rings. The molecular weight excluding hydrogens is 457 g/mol. The van der Waals surface area contributed by atoms with Crippen LogP contribution < -0.4 is 9.61 Å². The second kappa shape index (κ2) is 13.2. The molecule has 3 rings (SSSR count). The zero-order valence-electron chi connectivity index (χ0n) is 20.2. The maximum absolute atomic E-state index is 13.8. The van der Waals surface area contributed by atoms with Gasteiger partial charge in [0.15, 0.2) is 6.29 Å². The smallest absolute Gasteiger partial charge is 0.459 e. The molecule has 2 aromatic carbocycles. The molecule has 9 heteroatoms. The van der Waals surface area contributed by atoms with Gasteiger partial charge < -0.3 is 18.7 Å². The van der Waals surface area contributed by atoms with Crippen molar-refractivity contribution in [1.29, 1.82) is 0 Å². The van der Waals surface area contributed by atoms with Crippen molar-refractivity contribution in [3.05, 3.63) is 42.5 Å². The molecule has 0 radical (unpaired) electrons. The standard InChI is InChI=1S/C25H36NO7P/c1-4-9-20(10-5-2)17-31-25(27)19(3)26-34(28,32-18-24-29-15-16-30-24)33-23-14-8-12-21-11-6-7-13-22(21)23/h6-8,11-14,19-20,24H,4-5,9-10,15-18H2,1-3H3,(H,26,28)/t19-,34?/m0/s1. The quantitative estimate of drug-likeness (QED) is 0.274. The molecule has 0 aromatic heterocycles. The average molecular weight is 494 g/mol. The average Bonchev–Trinajstić information content (AvgIpc) is 3.35. The maximum atomic E-state index is 13.8. The summed E-state index contributed by atoms with van der Waals surface area (Å²) in [6.45, 7) is 6.93. The van der Waals surface area contributed by atoms with Crippen LogP contribution in [0.3, 0.4) is 0 Å². The Morgan fingerprint density at radius 2 is 1.76 bits per heavy atom. The van der Waals surface area contributed by atoms with Gasteiger partial charge in [0.05, 0.1) is 19.8 Å². The second-order valence-electron chi connectivity index (χ2n) is 8.46. The number of hydrogen-bond donors (Lipinski definition) is 1. The van der Waals surface area contributed by atoms with Gasteiger partial charge in [-0.2, -0.15) is 5.09 Å². The van der Waals surface area contributed by atoms with Gasteiger partial charge in [-0.05, 0) is 37.1 Å². The third-order valence-electron chi connectivity index (χ3n) is 5.60. The van der Waals surface area contributed by atoms with E-state index in [1.807, 2.05) is 36.4 Å². The molecule has 2 aromatic rings. The minimum atomic E-state index is -3.99. The molecule has 1 saturated heterocycles. The van der Waals surface area contributed by atoms with Crippen LogP contribution in [0.4, 0.5) is 0 Å². The molecular formula is C25H36NO7P. The number of ether oxygens (including phenoxy) is 3. The van der Waals surface area contributed by atoms with Crippen LogP contribution in [-0.2, 0) is 28.1 Å². The van der Waals surface area contributed by atoms with Crippen LogP contribution >= 0.6 is 7.75 Å². The summed E-state index contributed by atoms with van der Waals surface area (Å²) in [5.74, 6) is 0.197. The normalized spacial score (nSPS) is 17.1. The molecule has 1 heterocycles. The largest absolute Gasteiger partial charge is 0.464 e. The first-order valence-electron chi connectivity index (χ1n) is 12.0. The fraction of sp³-hybridized carbons (Fsp3) is 0.560. The Labute approximate surface area is 201 Å². The van der Waals surface area contributed by atoms with Gasteiger partial charge in [0.25, 0.3) is 0 Å². The third-order valence-corrected chi connectivity index (χ3v) is 7.23. The first kappa shape index (κ1) is 26.6. The minimum Gasteiger partial charge on any atom is -0.464 e. The van der Waals surface area contributed by atoms with E-state index in [0.29, 0.717) is 31.5 Å². The molecule has 0 bridgehead atoms. The molecule has 1 N–H and O–H groups in total. The Bertz CT molecular complexity index is 952. The number of carbonyl (C=O) groups excluding carboxylic acids is 1. The summed E-state index contributed by atoms with van der Waals surface area (Å²) < 4.78 is 41.6. The predicted molar refractivity (Wildman–Crippen MR) is 131 cm³/mol. The Hall–Kier alpha value is -1.96. The zero-order valence-corrected chi connectivity index (χ0v) is 21.1. The third kappa shape index (κ3) is 7.79. The molecule has 0 amide bonds. The van der Waals surface area contributed by atoms with Gasteiger partial charge in [-0.1, -0.05) is 63.1 Å². The number of carbonyl (C=O) groups is 1. The van der Waals surface area contributed by atoms with Crippen LogP contribution in [0, 0.1) is 5.92 Å². The van der Waals surface area contributed by atoms with Crippen LogP contribution in [-0.4, -0.2) is 44.7 Å². The summed E-state index contributed by atoms with van der Waals surface area (Å²) in [6, 6.07) is 12.1. The van der Waals surface area contributed by atoms with Crippen molar-refractivity contribution in [1.82, 2.24) is 5.09 Å². The van der Waals surface area contributed by atoms with Gasteiger partial charge in [0.2, 0.25) is 0 Å². The Balaban J connectivity index is 1.71. The Morgan fingerprint density at radius 3 is 2.47 bits per heavy atom. The Morgan fingerprint density at radius 1 is 1.09 bits per heavy atom. The second-order valence-corrected chi connectivity index (χ2v) is 10.2. The number of rotatable bonds is 14. The van der Waals surface area contributed by atoms with E-state index in [1.165, 1.54) is 0 Å². The van der Waals surface area contributed by atoms with Crippen molar-refractivity contribution in [2.24, 2.45) is 5.92 Å². The van der Waals surface area contributed by atoms with Crippen LogP contribution in [0.25, 0.3) is 10.8 Å². The first-order chi connectivity index (χ1) is 16.4. The van der Waals surface area contributed by atoms with Crippen molar-refractivity contribution in [3.8, 4) is 5.75 Å². The number of fused-ring (bicyclic) bond motifs is 1. The van der Waals surface area contributed by atoms with Crippen LogP contribution in [0.2, 0.25) is 0 Å². The Kier molecular flexibility index (Phi) is 10.4. The summed E-state index contributed by atoms with van der Waals surface area (Å²) in [5, 5.41) is 4.45. The molecule has 0 saturated carbocycles. The summed E-state index contributed by atoms with van der Waals surface area (Å²) in [5.41, 5.74) is 0. The predicted octanol–water partition coefficient (Wildman–Crippen LogP) is 5.45. The van der Waals surface area contributed by atoms with Crippen LogP contribution in [0.1, 0.15) is 46.5 Å². The highest BCUT2D eigenvalue weighted by molar-refractivity contribution is 7.52. The lowest BCUT2D eigenvalue weighted by Gasteiger charge is -2.24. The molecule has 1 aliphatic heterocycles. The fourth-order valence-corrected chi connectivity index (χ4v) is 5.40. The van der Waals surface area contributed by atoms with E-state index in [-0.39, 0.29) is 6.61 Å². The van der Waals surface area contributed by atoms with Crippen LogP contribution in [0.15, 0.2) is 42.5 Å². The molecule has 2 atom stereocenters. The summed E-state index contributed by atoms with van der Waals surface area (Å²) in [4.78, 5) is 12.7. The zero-order chi connectivity index (χ0) is 24.4. The molecule has 1 fully saturated rings. The van der Waals surface area contributed by atoms with Crippen molar-refractivity contribution in [2.75, 3.05) is 26.4 Å². The van der Waals surface area contributed by atoms with E-state index in [9.17, 15) is 9.36 Å². The van der Waals surface area contributed by atoms with Gasteiger partial charge in [-0.15, -0.1) is 0 Å². The monoisotopic (exact) mass is 493 g/mol. The van der Waals surface area contributed by atoms with Gasteiger partial charge in [0, 0.05) is 5.39 Å². The van der Waals surface area contributed by atoms with Crippen LogP contribution in [0.5, 0.6) is 5.75 Å². The number of esters is 1. The highest BCUT2D eigenvalue weighted by Gasteiger charge is 2.34. The molecule has 1 unspecified atom stereocenters. The lowest BCUT2D eigenvalue weighted by molar-refractivity contribution is -0.146. The topological polar surface area (TPSA) is 92.3 Å². The highest BCUT2D eigenvalue weighted by atomic mass is 31.2. The van der Waals surface area contributed by atoms with Gasteiger partial charge >= 0.3 is 13.7 Å². The number of hydrogen-bond acceptors (Lipinski definition) is 7. The van der Waals surface area contributed by atoms with Crippen molar-refractivity contribution < 1.29 is 32.6 Å². The van der Waals surface area contributed by atoms with Gasteiger partial charge in [0.1, 0.15) is 18.4 Å².